The maximum absolute atomic E-state index is 13.0. The van der Waals surface area contributed by atoms with Crippen molar-refractivity contribution in [1.82, 2.24) is 0 Å². The van der Waals surface area contributed by atoms with Crippen LogP contribution in [0.1, 0.15) is 337 Å². The summed E-state index contributed by atoms with van der Waals surface area (Å²) >= 11 is 0. The SMILES string of the molecule is CCCCCCCCCCCCCCCCCCCCC(=O)O[C@H](COC(=O)CCCCCCCCCCCC(C)C)COP(=O)(O)OC[C@@H](O)COP(=O)(O)OC[C@@H](COC(=O)CCCCCCCCC)OC(=O)CCCCCCCCC(C)C. The fourth-order valence-electron chi connectivity index (χ4n) is 10.1. The minimum Gasteiger partial charge on any atom is -0.462 e. The Morgan fingerprint density at radius 3 is 0.791 bits per heavy atom. The lowest BCUT2D eigenvalue weighted by Gasteiger charge is -2.21. The molecule has 0 aromatic heterocycles. The number of ether oxygens (including phenoxy) is 4. The van der Waals surface area contributed by atoms with Crippen LogP contribution in [0.2, 0.25) is 0 Å². The molecule has 0 bridgehead atoms. The van der Waals surface area contributed by atoms with Crippen molar-refractivity contribution in [2.75, 3.05) is 39.6 Å². The first kappa shape index (κ1) is 84.1. The Labute approximate surface area is 524 Å². The lowest BCUT2D eigenvalue weighted by atomic mass is 10.0. The molecule has 0 aliphatic carbocycles. The van der Waals surface area contributed by atoms with Crippen LogP contribution >= 0.6 is 15.6 Å². The average Bonchev–Trinajstić information content (AvgIpc) is 3.64. The second kappa shape index (κ2) is 59.4. The maximum Gasteiger partial charge on any atom is 0.472 e. The summed E-state index contributed by atoms with van der Waals surface area (Å²) < 4.78 is 68.0. The van der Waals surface area contributed by atoms with Crippen LogP contribution < -0.4 is 0 Å². The summed E-state index contributed by atoms with van der Waals surface area (Å²) in [5.74, 6) is -0.724. The largest absolute Gasteiger partial charge is 0.472 e. The number of phosphoric acid groups is 2. The molecule has 3 N–H and O–H groups in total. The van der Waals surface area contributed by atoms with Gasteiger partial charge in [0.1, 0.15) is 19.3 Å². The monoisotopic (exact) mass is 1270 g/mol. The molecule has 5 atom stereocenters. The summed E-state index contributed by atoms with van der Waals surface area (Å²) in [5, 5.41) is 10.5. The Kier molecular flexibility index (Phi) is 58.0. The quantitative estimate of drug-likeness (QED) is 0.0222. The van der Waals surface area contributed by atoms with E-state index >= 15 is 0 Å². The van der Waals surface area contributed by atoms with E-state index in [1.54, 1.807) is 0 Å². The number of aliphatic hydroxyl groups is 1. The van der Waals surface area contributed by atoms with Crippen molar-refractivity contribution in [2.24, 2.45) is 11.8 Å². The van der Waals surface area contributed by atoms with Gasteiger partial charge in [0, 0.05) is 25.7 Å². The molecule has 19 heteroatoms. The number of aliphatic hydroxyl groups excluding tert-OH is 1. The van der Waals surface area contributed by atoms with E-state index < -0.39 is 97.5 Å². The van der Waals surface area contributed by atoms with Crippen molar-refractivity contribution < 1.29 is 80.2 Å². The van der Waals surface area contributed by atoms with E-state index in [-0.39, 0.29) is 25.7 Å². The number of hydrogen-bond acceptors (Lipinski definition) is 15. The molecular weight excluding hydrogens is 1140 g/mol. The van der Waals surface area contributed by atoms with Crippen molar-refractivity contribution in [3.63, 3.8) is 0 Å². The highest BCUT2D eigenvalue weighted by Crippen LogP contribution is 2.45. The molecule has 0 amide bonds. The molecule has 0 spiro atoms. The minimum atomic E-state index is -4.95. The van der Waals surface area contributed by atoms with Gasteiger partial charge in [0.25, 0.3) is 0 Å². The van der Waals surface area contributed by atoms with E-state index in [1.807, 2.05) is 0 Å². The van der Waals surface area contributed by atoms with Crippen LogP contribution in [0.5, 0.6) is 0 Å². The standard InChI is InChI=1S/C67H130O17P2/c1-7-9-11-13-15-16-17-18-19-20-21-22-23-24-27-32-39-45-51-66(71)83-62(56-78-65(70)50-44-38-31-28-25-26-30-35-41-47-59(3)4)57-81-85(73,74)79-53-61(68)54-80-86(75,76)82-58-63(55-77-64(69)49-43-37-29-14-12-10-8-2)84-67(72)52-46-40-34-33-36-42-48-60(5)6/h59-63,68H,7-58H2,1-6H3,(H,73,74)(H,75,76)/t61-,62-,63-/m1/s1. The van der Waals surface area contributed by atoms with Crippen molar-refractivity contribution in [3.8, 4) is 0 Å². The van der Waals surface area contributed by atoms with Gasteiger partial charge in [-0.05, 0) is 37.5 Å². The molecule has 86 heavy (non-hydrogen) atoms. The summed E-state index contributed by atoms with van der Waals surface area (Å²) in [6, 6.07) is 0. The van der Waals surface area contributed by atoms with Crippen LogP contribution in [0.4, 0.5) is 0 Å². The smallest absolute Gasteiger partial charge is 0.462 e. The molecule has 0 heterocycles. The molecule has 0 radical (unpaired) electrons. The van der Waals surface area contributed by atoms with Gasteiger partial charge >= 0.3 is 39.5 Å². The van der Waals surface area contributed by atoms with E-state index in [0.717, 1.165) is 109 Å². The van der Waals surface area contributed by atoms with Gasteiger partial charge in [0.05, 0.1) is 26.4 Å². The Morgan fingerprint density at radius 2 is 0.535 bits per heavy atom. The van der Waals surface area contributed by atoms with Crippen LogP contribution in [-0.4, -0.2) is 96.7 Å². The second-order valence-corrected chi connectivity index (χ2v) is 28.1. The van der Waals surface area contributed by atoms with Crippen molar-refractivity contribution in [2.45, 2.75) is 355 Å². The van der Waals surface area contributed by atoms with Gasteiger partial charge in [-0.25, -0.2) is 9.13 Å². The molecule has 0 aromatic rings. The zero-order chi connectivity index (χ0) is 63.6. The number of hydrogen-bond donors (Lipinski definition) is 3. The molecule has 0 aliphatic rings. The fourth-order valence-corrected chi connectivity index (χ4v) is 11.6. The molecule has 0 saturated heterocycles. The van der Waals surface area contributed by atoms with Gasteiger partial charge in [-0.15, -0.1) is 0 Å². The molecule has 2 unspecified atom stereocenters. The van der Waals surface area contributed by atoms with Gasteiger partial charge in [-0.3, -0.25) is 37.3 Å². The first-order valence-corrected chi connectivity index (χ1v) is 38.0. The third-order valence-electron chi connectivity index (χ3n) is 15.5. The molecule has 0 fully saturated rings. The number of esters is 4. The summed E-state index contributed by atoms with van der Waals surface area (Å²) in [5.41, 5.74) is 0. The third kappa shape index (κ3) is 60.9. The van der Waals surface area contributed by atoms with E-state index in [2.05, 4.69) is 41.5 Å². The zero-order valence-corrected chi connectivity index (χ0v) is 57.4. The zero-order valence-electron chi connectivity index (χ0n) is 55.6. The predicted molar refractivity (Wildman–Crippen MR) is 345 cm³/mol. The second-order valence-electron chi connectivity index (χ2n) is 25.2. The van der Waals surface area contributed by atoms with E-state index in [1.165, 1.54) is 141 Å². The number of phosphoric ester groups is 2. The highest BCUT2D eigenvalue weighted by Gasteiger charge is 2.30. The van der Waals surface area contributed by atoms with E-state index in [9.17, 15) is 43.2 Å². The first-order chi connectivity index (χ1) is 41.4. The lowest BCUT2D eigenvalue weighted by Crippen LogP contribution is -2.30. The molecular formula is C67H130O17P2. The van der Waals surface area contributed by atoms with E-state index in [0.29, 0.717) is 31.6 Å². The summed E-state index contributed by atoms with van der Waals surface area (Å²) in [6.45, 7) is 9.37. The van der Waals surface area contributed by atoms with Crippen LogP contribution in [-0.2, 0) is 65.4 Å². The Balaban J connectivity index is 5.18. The van der Waals surface area contributed by atoms with Gasteiger partial charge < -0.3 is 33.8 Å². The van der Waals surface area contributed by atoms with Crippen LogP contribution in [0.3, 0.4) is 0 Å². The van der Waals surface area contributed by atoms with Crippen molar-refractivity contribution >= 4 is 39.5 Å². The van der Waals surface area contributed by atoms with Gasteiger partial charge in [-0.2, -0.15) is 0 Å². The topological polar surface area (TPSA) is 237 Å². The van der Waals surface area contributed by atoms with Gasteiger partial charge in [0.2, 0.25) is 0 Å². The average molecular weight is 1270 g/mol. The lowest BCUT2D eigenvalue weighted by molar-refractivity contribution is -0.161. The van der Waals surface area contributed by atoms with Gasteiger partial charge in [-0.1, -0.05) is 286 Å². The molecule has 510 valence electrons. The number of unbranched alkanes of at least 4 members (excludes halogenated alkanes) is 36. The number of rotatable bonds is 66. The molecule has 0 saturated carbocycles. The van der Waals surface area contributed by atoms with Crippen molar-refractivity contribution in [1.29, 1.82) is 0 Å². The highest BCUT2D eigenvalue weighted by molar-refractivity contribution is 7.47. The van der Waals surface area contributed by atoms with Gasteiger partial charge in [0.15, 0.2) is 12.2 Å². The fraction of sp³-hybridized carbons (Fsp3) is 0.940. The first-order valence-electron chi connectivity index (χ1n) is 35.0. The summed E-state index contributed by atoms with van der Waals surface area (Å²) in [4.78, 5) is 72.2. The van der Waals surface area contributed by atoms with Crippen molar-refractivity contribution in [3.05, 3.63) is 0 Å². The predicted octanol–water partition coefficient (Wildman–Crippen LogP) is 18.8. The van der Waals surface area contributed by atoms with Crippen LogP contribution in [0.15, 0.2) is 0 Å². The molecule has 0 rings (SSSR count). The van der Waals surface area contributed by atoms with Crippen LogP contribution in [0, 0.1) is 11.8 Å². The Bertz CT molecular complexity index is 1680. The molecule has 17 nitrogen and oxygen atoms in total. The Hall–Kier alpha value is -1.94. The minimum absolute atomic E-state index is 0.102. The van der Waals surface area contributed by atoms with E-state index in [4.69, 9.17) is 37.0 Å². The van der Waals surface area contributed by atoms with Crippen LogP contribution in [0.25, 0.3) is 0 Å². The highest BCUT2D eigenvalue weighted by atomic mass is 31.2. The molecule has 0 aliphatic heterocycles. The summed E-state index contributed by atoms with van der Waals surface area (Å²) in [6.07, 6.45) is 43.5. The normalized spacial score (nSPS) is 14.2. The number of carbonyl (C=O) groups is 4. The third-order valence-corrected chi connectivity index (χ3v) is 17.4. The maximum atomic E-state index is 13.0. The summed E-state index contributed by atoms with van der Waals surface area (Å²) in [7, 11) is -9.89. The number of carbonyl (C=O) groups excluding carboxylic acids is 4. The Morgan fingerprint density at radius 1 is 0.314 bits per heavy atom. The molecule has 0 aromatic carbocycles.